The molecule has 5 heteroatoms. The van der Waals surface area contributed by atoms with E-state index in [4.69, 9.17) is 0 Å². The van der Waals surface area contributed by atoms with Crippen LogP contribution in [0.5, 0.6) is 5.75 Å². The van der Waals surface area contributed by atoms with Gasteiger partial charge in [0.1, 0.15) is 11.5 Å². The van der Waals surface area contributed by atoms with Gasteiger partial charge in [0, 0.05) is 12.1 Å². The lowest BCUT2D eigenvalue weighted by atomic mass is 9.93. The van der Waals surface area contributed by atoms with E-state index in [9.17, 15) is 19.8 Å². The van der Waals surface area contributed by atoms with Gasteiger partial charge in [-0.25, -0.2) is 0 Å². The van der Waals surface area contributed by atoms with Crippen molar-refractivity contribution < 1.29 is 19.8 Å². The number of aliphatic hydroxyl groups excluding tert-OH is 1. The van der Waals surface area contributed by atoms with Crippen LogP contribution in [0, 0.1) is 0 Å². The molecule has 0 radical (unpaired) electrons. The van der Waals surface area contributed by atoms with E-state index in [1.54, 1.807) is 24.3 Å². The van der Waals surface area contributed by atoms with Crippen molar-refractivity contribution in [1.82, 2.24) is 4.90 Å². The highest BCUT2D eigenvalue weighted by atomic mass is 16.3. The quantitative estimate of drug-likeness (QED) is 0.252. The summed E-state index contributed by atoms with van der Waals surface area (Å²) < 4.78 is 0. The predicted octanol–water partition coefficient (Wildman–Crippen LogP) is 5.16. The van der Waals surface area contributed by atoms with E-state index in [0.29, 0.717) is 17.7 Å². The Labute approximate surface area is 181 Å². The Morgan fingerprint density at radius 2 is 1.71 bits per heavy atom. The summed E-state index contributed by atoms with van der Waals surface area (Å²) in [5.41, 5.74) is 1.16. The number of hydrogen-bond acceptors (Lipinski definition) is 4. The van der Waals surface area contributed by atoms with Gasteiger partial charge in [0.2, 0.25) is 0 Å². The van der Waals surface area contributed by atoms with E-state index < -0.39 is 17.7 Å². The molecule has 1 fully saturated rings. The Hall–Kier alpha value is -3.60. The number of aromatic hydroxyl groups is 1. The van der Waals surface area contributed by atoms with Crippen molar-refractivity contribution in [3.8, 4) is 5.75 Å². The standard InChI is InChI=1S/C26H25NO4/c1-2-3-6-15-27-23(18-11-7-12-19(28)16-18)22(25(30)26(27)31)24(29)21-14-8-10-17-9-4-5-13-20(17)21/h4-5,7-14,16,23,28-29H,2-3,6,15H2,1H3/b24-22-. The summed E-state index contributed by atoms with van der Waals surface area (Å²) in [6.45, 7) is 2.48. The number of aliphatic hydroxyl groups is 1. The van der Waals surface area contributed by atoms with Crippen LogP contribution in [0.1, 0.15) is 43.4 Å². The summed E-state index contributed by atoms with van der Waals surface area (Å²) in [6, 6.07) is 18.9. The third-order valence-corrected chi connectivity index (χ3v) is 5.77. The number of rotatable bonds is 6. The minimum atomic E-state index is -0.747. The second kappa shape index (κ2) is 8.64. The van der Waals surface area contributed by atoms with Gasteiger partial charge in [0.15, 0.2) is 0 Å². The first kappa shape index (κ1) is 20.7. The smallest absolute Gasteiger partial charge is 0.295 e. The number of unbranched alkanes of at least 4 members (excludes halogenated alkanes) is 2. The molecule has 1 aliphatic heterocycles. The molecule has 1 unspecified atom stereocenters. The molecule has 3 aromatic carbocycles. The summed E-state index contributed by atoms with van der Waals surface area (Å²) in [7, 11) is 0. The van der Waals surface area contributed by atoms with Crippen molar-refractivity contribution in [2.75, 3.05) is 6.54 Å². The zero-order chi connectivity index (χ0) is 22.0. The summed E-state index contributed by atoms with van der Waals surface area (Å²) in [5.74, 6) is -1.47. The van der Waals surface area contributed by atoms with Crippen molar-refractivity contribution in [2.45, 2.75) is 32.2 Å². The molecular weight excluding hydrogens is 390 g/mol. The Bertz CT molecular complexity index is 1180. The van der Waals surface area contributed by atoms with Gasteiger partial charge in [-0.15, -0.1) is 0 Å². The lowest BCUT2D eigenvalue weighted by Crippen LogP contribution is -2.30. The Balaban J connectivity index is 1.90. The molecule has 1 atom stereocenters. The molecule has 0 bridgehead atoms. The Morgan fingerprint density at radius 3 is 2.48 bits per heavy atom. The summed E-state index contributed by atoms with van der Waals surface area (Å²) in [6.07, 6.45) is 2.67. The molecule has 1 heterocycles. The minimum Gasteiger partial charge on any atom is -0.508 e. The molecule has 0 saturated carbocycles. The number of phenolic OH excluding ortho intramolecular Hbond substituents is 1. The highest BCUT2D eigenvalue weighted by Gasteiger charge is 2.45. The molecule has 0 aromatic heterocycles. The van der Waals surface area contributed by atoms with Crippen molar-refractivity contribution in [3.63, 3.8) is 0 Å². The summed E-state index contributed by atoms with van der Waals surface area (Å²) in [5, 5.41) is 23.1. The number of nitrogens with zero attached hydrogens (tertiary/aromatic N) is 1. The number of Topliss-reactive ketones (excluding diaryl/α,β-unsaturated/α-hetero) is 1. The number of carbonyl (C=O) groups excluding carboxylic acids is 2. The van der Waals surface area contributed by atoms with Crippen molar-refractivity contribution in [1.29, 1.82) is 0 Å². The number of ketones is 1. The third-order valence-electron chi connectivity index (χ3n) is 5.77. The van der Waals surface area contributed by atoms with Crippen LogP contribution in [0.3, 0.4) is 0 Å². The first-order chi connectivity index (χ1) is 15.0. The second-order valence-corrected chi connectivity index (χ2v) is 7.82. The molecule has 3 aromatic rings. The van der Waals surface area contributed by atoms with E-state index in [0.717, 1.165) is 30.0 Å². The predicted molar refractivity (Wildman–Crippen MR) is 121 cm³/mol. The molecule has 1 saturated heterocycles. The molecule has 0 aliphatic carbocycles. The number of hydrogen-bond donors (Lipinski definition) is 2. The van der Waals surface area contributed by atoms with E-state index in [1.807, 2.05) is 36.4 Å². The van der Waals surface area contributed by atoms with Gasteiger partial charge in [0.25, 0.3) is 11.7 Å². The molecule has 1 aliphatic rings. The maximum atomic E-state index is 13.1. The zero-order valence-corrected chi connectivity index (χ0v) is 17.4. The average molecular weight is 415 g/mol. The molecule has 4 rings (SSSR count). The van der Waals surface area contributed by atoms with Crippen LogP contribution in [0.25, 0.3) is 16.5 Å². The number of carbonyl (C=O) groups is 2. The Morgan fingerprint density at radius 1 is 0.968 bits per heavy atom. The normalized spacial score (nSPS) is 18.1. The molecule has 2 N–H and O–H groups in total. The minimum absolute atomic E-state index is 0.0433. The summed E-state index contributed by atoms with van der Waals surface area (Å²) >= 11 is 0. The molecule has 1 amide bonds. The number of amides is 1. The topological polar surface area (TPSA) is 77.8 Å². The number of likely N-dealkylation sites (tertiary alicyclic amines) is 1. The highest BCUT2D eigenvalue weighted by molar-refractivity contribution is 6.46. The SMILES string of the molecule is CCCCCN1C(=O)C(=O)/C(=C(\O)c2cccc3ccccc23)C1c1cccc(O)c1. The van der Waals surface area contributed by atoms with Crippen molar-refractivity contribution in [2.24, 2.45) is 0 Å². The van der Waals surface area contributed by atoms with Crippen LogP contribution in [-0.4, -0.2) is 33.3 Å². The maximum Gasteiger partial charge on any atom is 0.295 e. The lowest BCUT2D eigenvalue weighted by Gasteiger charge is -2.25. The molecule has 0 spiro atoms. The van der Waals surface area contributed by atoms with Crippen LogP contribution in [0.2, 0.25) is 0 Å². The van der Waals surface area contributed by atoms with Crippen LogP contribution in [-0.2, 0) is 9.59 Å². The lowest BCUT2D eigenvalue weighted by molar-refractivity contribution is -0.139. The fourth-order valence-corrected chi connectivity index (χ4v) is 4.26. The van der Waals surface area contributed by atoms with Gasteiger partial charge in [-0.2, -0.15) is 0 Å². The van der Waals surface area contributed by atoms with Gasteiger partial charge < -0.3 is 15.1 Å². The van der Waals surface area contributed by atoms with Gasteiger partial charge >= 0.3 is 0 Å². The van der Waals surface area contributed by atoms with E-state index >= 15 is 0 Å². The molecule has 5 nitrogen and oxygen atoms in total. The van der Waals surface area contributed by atoms with Gasteiger partial charge in [-0.3, -0.25) is 9.59 Å². The number of benzene rings is 3. The Kier molecular flexibility index (Phi) is 5.76. The van der Waals surface area contributed by atoms with Crippen LogP contribution in [0.15, 0.2) is 72.3 Å². The first-order valence-corrected chi connectivity index (χ1v) is 10.6. The maximum absolute atomic E-state index is 13.1. The number of phenols is 1. The van der Waals surface area contributed by atoms with Gasteiger partial charge in [-0.1, -0.05) is 74.4 Å². The van der Waals surface area contributed by atoms with Gasteiger partial charge in [-0.05, 0) is 34.9 Å². The van der Waals surface area contributed by atoms with Crippen LogP contribution < -0.4 is 0 Å². The monoisotopic (exact) mass is 415 g/mol. The fraction of sp³-hybridized carbons (Fsp3) is 0.231. The van der Waals surface area contributed by atoms with Crippen LogP contribution in [0.4, 0.5) is 0 Å². The highest BCUT2D eigenvalue weighted by Crippen LogP contribution is 2.41. The molecule has 158 valence electrons. The van der Waals surface area contributed by atoms with E-state index in [2.05, 4.69) is 6.92 Å². The van der Waals surface area contributed by atoms with Crippen molar-refractivity contribution in [3.05, 3.63) is 83.4 Å². The number of fused-ring (bicyclic) bond motifs is 1. The summed E-state index contributed by atoms with van der Waals surface area (Å²) in [4.78, 5) is 27.6. The first-order valence-electron chi connectivity index (χ1n) is 10.6. The fourth-order valence-electron chi connectivity index (χ4n) is 4.26. The van der Waals surface area contributed by atoms with Crippen LogP contribution >= 0.6 is 0 Å². The zero-order valence-electron chi connectivity index (χ0n) is 17.4. The van der Waals surface area contributed by atoms with Gasteiger partial charge in [0.05, 0.1) is 11.6 Å². The molecular formula is C26H25NO4. The largest absolute Gasteiger partial charge is 0.508 e. The molecule has 31 heavy (non-hydrogen) atoms. The van der Waals surface area contributed by atoms with E-state index in [-0.39, 0.29) is 17.1 Å². The van der Waals surface area contributed by atoms with Crippen molar-refractivity contribution >= 4 is 28.2 Å². The van der Waals surface area contributed by atoms with E-state index in [1.165, 1.54) is 11.0 Å². The second-order valence-electron chi connectivity index (χ2n) is 7.82. The third kappa shape index (κ3) is 3.79. The average Bonchev–Trinajstić information content (AvgIpc) is 3.03.